The normalized spacial score (nSPS) is 13.6. The lowest BCUT2D eigenvalue weighted by Gasteiger charge is -2.29. The first kappa shape index (κ1) is 20.5. The van der Waals surface area contributed by atoms with Crippen molar-refractivity contribution in [2.75, 3.05) is 13.1 Å². The summed E-state index contributed by atoms with van der Waals surface area (Å²) in [5.41, 5.74) is 1.53. The van der Waals surface area contributed by atoms with Crippen molar-refractivity contribution in [1.29, 1.82) is 0 Å². The molecule has 0 N–H and O–H groups in total. The molecule has 0 spiro atoms. The zero-order valence-electron chi connectivity index (χ0n) is 16.8. The van der Waals surface area contributed by atoms with E-state index in [0.717, 1.165) is 18.5 Å². The second-order valence-corrected chi connectivity index (χ2v) is 8.33. The largest absolute Gasteiger partial charge is 0.353 e. The van der Waals surface area contributed by atoms with Gasteiger partial charge in [0.2, 0.25) is 5.91 Å². The molecule has 0 aliphatic heterocycles. The molecule has 3 rings (SSSR count). The van der Waals surface area contributed by atoms with Crippen LogP contribution in [0.2, 0.25) is 5.02 Å². The molecule has 1 fully saturated rings. The molecule has 0 unspecified atom stereocenters. The van der Waals surface area contributed by atoms with Gasteiger partial charge in [0, 0.05) is 31.5 Å². The van der Waals surface area contributed by atoms with Gasteiger partial charge in [-0.05, 0) is 43.0 Å². The van der Waals surface area contributed by atoms with Crippen molar-refractivity contribution in [3.63, 3.8) is 0 Å². The number of benzene rings is 1. The third-order valence-corrected chi connectivity index (χ3v) is 5.33. The Morgan fingerprint density at radius 2 is 1.89 bits per heavy atom. The first-order valence-electron chi connectivity index (χ1n) is 9.80. The second kappa shape index (κ2) is 8.82. The van der Waals surface area contributed by atoms with Gasteiger partial charge in [0.1, 0.15) is 6.54 Å². The molecule has 0 atom stereocenters. The maximum absolute atomic E-state index is 13.2. The number of nitrogens with zero attached hydrogens (tertiary/aromatic N) is 3. The highest BCUT2D eigenvalue weighted by atomic mass is 35.5. The summed E-state index contributed by atoms with van der Waals surface area (Å²) in [7, 11) is 1.98. The highest BCUT2D eigenvalue weighted by Gasteiger charge is 2.36. The standard InChI is InChI=1S/C22H28ClN3O2/c1-16(2)13-25(14-18-7-6-12-24(18)3)21(27)15-26(17-10-11-17)22(28)19-8-4-5-9-20(19)23/h4-9,12,16-17H,10-11,13-15H2,1-3H3. The van der Waals surface area contributed by atoms with Crippen LogP contribution < -0.4 is 0 Å². The van der Waals surface area contributed by atoms with Gasteiger partial charge in [0.25, 0.3) is 5.91 Å². The van der Waals surface area contributed by atoms with Crippen LogP contribution in [0.15, 0.2) is 42.6 Å². The summed E-state index contributed by atoms with van der Waals surface area (Å²) in [6.45, 7) is 5.48. The Bertz CT molecular complexity index is 842. The first-order chi connectivity index (χ1) is 13.4. The number of hydrogen-bond acceptors (Lipinski definition) is 2. The second-order valence-electron chi connectivity index (χ2n) is 7.92. The molecule has 2 aromatic rings. The molecule has 0 saturated heterocycles. The molecule has 150 valence electrons. The number of carbonyl (C=O) groups excluding carboxylic acids is 2. The van der Waals surface area contributed by atoms with Crippen LogP contribution >= 0.6 is 11.6 Å². The number of aromatic nitrogens is 1. The van der Waals surface area contributed by atoms with E-state index in [4.69, 9.17) is 11.6 Å². The summed E-state index contributed by atoms with van der Waals surface area (Å²) in [6, 6.07) is 11.2. The molecule has 2 amide bonds. The third kappa shape index (κ3) is 4.96. The van der Waals surface area contributed by atoms with E-state index in [1.165, 1.54) is 0 Å². The summed E-state index contributed by atoms with van der Waals surface area (Å²) < 4.78 is 2.02. The van der Waals surface area contributed by atoms with Gasteiger partial charge in [0.15, 0.2) is 0 Å². The smallest absolute Gasteiger partial charge is 0.256 e. The summed E-state index contributed by atoms with van der Waals surface area (Å²) >= 11 is 6.22. The third-order valence-electron chi connectivity index (χ3n) is 5.00. The van der Waals surface area contributed by atoms with Gasteiger partial charge >= 0.3 is 0 Å². The van der Waals surface area contributed by atoms with Crippen molar-refractivity contribution in [3.8, 4) is 0 Å². The van der Waals surface area contributed by atoms with Crippen molar-refractivity contribution in [2.45, 2.75) is 39.3 Å². The van der Waals surface area contributed by atoms with E-state index in [1.54, 1.807) is 29.2 Å². The fourth-order valence-electron chi connectivity index (χ4n) is 3.34. The number of aryl methyl sites for hydroxylation is 1. The van der Waals surface area contributed by atoms with Crippen molar-refractivity contribution < 1.29 is 9.59 Å². The van der Waals surface area contributed by atoms with Gasteiger partial charge in [-0.1, -0.05) is 37.6 Å². The average Bonchev–Trinajstić information content (AvgIpc) is 3.41. The summed E-state index contributed by atoms with van der Waals surface area (Å²) in [5.74, 6) is 0.157. The minimum absolute atomic E-state index is 0.0257. The van der Waals surface area contributed by atoms with Crippen LogP contribution in [0.25, 0.3) is 0 Å². The SMILES string of the molecule is CC(C)CN(Cc1cccn1C)C(=O)CN(C(=O)c1ccccc1Cl)C1CC1. The number of carbonyl (C=O) groups is 2. The van der Waals surface area contributed by atoms with Crippen LogP contribution in [0.5, 0.6) is 0 Å². The van der Waals surface area contributed by atoms with Crippen molar-refractivity contribution in [1.82, 2.24) is 14.4 Å². The molecule has 1 aliphatic carbocycles. The fraction of sp³-hybridized carbons (Fsp3) is 0.455. The topological polar surface area (TPSA) is 45.6 Å². The number of hydrogen-bond donors (Lipinski definition) is 0. The lowest BCUT2D eigenvalue weighted by Crippen LogP contribution is -2.45. The molecule has 1 aromatic carbocycles. The van der Waals surface area contributed by atoms with Gasteiger partial charge < -0.3 is 14.4 Å². The van der Waals surface area contributed by atoms with E-state index in [1.807, 2.05) is 34.8 Å². The van der Waals surface area contributed by atoms with Gasteiger partial charge in [0.05, 0.1) is 17.1 Å². The van der Waals surface area contributed by atoms with Gasteiger partial charge in [-0.25, -0.2) is 0 Å². The van der Waals surface area contributed by atoms with E-state index < -0.39 is 0 Å². The molecular formula is C22H28ClN3O2. The predicted molar refractivity (Wildman–Crippen MR) is 111 cm³/mol. The molecule has 1 heterocycles. The van der Waals surface area contributed by atoms with Crippen LogP contribution in [0.4, 0.5) is 0 Å². The quantitative estimate of drug-likeness (QED) is 0.671. The zero-order valence-corrected chi connectivity index (χ0v) is 17.5. The Morgan fingerprint density at radius 1 is 1.18 bits per heavy atom. The van der Waals surface area contributed by atoms with Gasteiger partial charge in [-0.2, -0.15) is 0 Å². The van der Waals surface area contributed by atoms with Crippen molar-refractivity contribution >= 4 is 23.4 Å². The van der Waals surface area contributed by atoms with Gasteiger partial charge in [-0.3, -0.25) is 9.59 Å². The van der Waals surface area contributed by atoms with Crippen LogP contribution in [-0.4, -0.2) is 45.3 Å². The number of amides is 2. The molecule has 6 heteroatoms. The highest BCUT2D eigenvalue weighted by molar-refractivity contribution is 6.33. The summed E-state index contributed by atoms with van der Waals surface area (Å²) in [4.78, 5) is 29.8. The van der Waals surface area contributed by atoms with Crippen molar-refractivity contribution in [2.24, 2.45) is 13.0 Å². The Balaban J connectivity index is 1.76. The van der Waals surface area contributed by atoms with Crippen molar-refractivity contribution in [3.05, 3.63) is 58.9 Å². The van der Waals surface area contributed by atoms with Crippen LogP contribution in [0, 0.1) is 5.92 Å². The van der Waals surface area contributed by atoms with E-state index >= 15 is 0 Å². The van der Waals surface area contributed by atoms with E-state index in [-0.39, 0.29) is 24.4 Å². The van der Waals surface area contributed by atoms with E-state index in [2.05, 4.69) is 13.8 Å². The monoisotopic (exact) mass is 401 g/mol. The Labute approximate surface area is 171 Å². The maximum atomic E-state index is 13.2. The minimum Gasteiger partial charge on any atom is -0.353 e. The zero-order chi connectivity index (χ0) is 20.3. The highest BCUT2D eigenvalue weighted by Crippen LogP contribution is 2.30. The molecule has 28 heavy (non-hydrogen) atoms. The lowest BCUT2D eigenvalue weighted by atomic mass is 10.1. The molecule has 0 radical (unpaired) electrons. The summed E-state index contributed by atoms with van der Waals surface area (Å²) in [5, 5.41) is 0.424. The average molecular weight is 402 g/mol. The Hall–Kier alpha value is -2.27. The van der Waals surface area contributed by atoms with Crippen LogP contribution in [0.1, 0.15) is 42.7 Å². The minimum atomic E-state index is -0.162. The molecule has 5 nitrogen and oxygen atoms in total. The molecule has 1 aliphatic rings. The number of halogens is 1. The lowest BCUT2D eigenvalue weighted by molar-refractivity contribution is -0.133. The van der Waals surface area contributed by atoms with E-state index in [9.17, 15) is 9.59 Å². The first-order valence-corrected chi connectivity index (χ1v) is 10.2. The maximum Gasteiger partial charge on any atom is 0.256 e. The van der Waals surface area contributed by atoms with Gasteiger partial charge in [-0.15, -0.1) is 0 Å². The Kier molecular flexibility index (Phi) is 6.45. The van der Waals surface area contributed by atoms with Crippen LogP contribution in [-0.2, 0) is 18.4 Å². The molecule has 1 saturated carbocycles. The number of rotatable bonds is 8. The molecule has 0 bridgehead atoms. The summed E-state index contributed by atoms with van der Waals surface area (Å²) in [6.07, 6.45) is 3.85. The predicted octanol–water partition coefficient (Wildman–Crippen LogP) is 3.97. The van der Waals surface area contributed by atoms with E-state index in [0.29, 0.717) is 29.6 Å². The molecule has 1 aromatic heterocycles. The molecular weight excluding hydrogens is 374 g/mol. The Morgan fingerprint density at radius 3 is 2.46 bits per heavy atom. The fourth-order valence-corrected chi connectivity index (χ4v) is 3.56. The van der Waals surface area contributed by atoms with Crippen LogP contribution in [0.3, 0.4) is 0 Å².